The fourth-order valence-corrected chi connectivity index (χ4v) is 5.14. The summed E-state index contributed by atoms with van der Waals surface area (Å²) in [5.74, 6) is 0.723. The standard InChI is InChI=1S/C28H25ClN2O3/c1-17(32)31-25-6-4-3-5-23(25)30-24-15-20(18-9-13-22(34-2)14-10-18)16-26(33)27(24)28(31)19-7-11-21(29)12-8-19/h3-14,20,28,30H,15-16H2,1-2H3/t20-,28+/m0/s1. The molecular weight excluding hydrogens is 448 g/mol. The van der Waals surface area contributed by atoms with Crippen molar-refractivity contribution in [2.24, 2.45) is 0 Å². The van der Waals surface area contributed by atoms with Crippen LogP contribution >= 0.6 is 11.6 Å². The van der Waals surface area contributed by atoms with Crippen LogP contribution in [0.4, 0.5) is 11.4 Å². The van der Waals surface area contributed by atoms with E-state index < -0.39 is 6.04 Å². The number of carbonyl (C=O) groups excluding carboxylic acids is 2. The number of amides is 1. The van der Waals surface area contributed by atoms with Crippen LogP contribution in [0.25, 0.3) is 0 Å². The zero-order valence-corrected chi connectivity index (χ0v) is 19.8. The van der Waals surface area contributed by atoms with Gasteiger partial charge in [0.2, 0.25) is 5.91 Å². The minimum Gasteiger partial charge on any atom is -0.497 e. The lowest BCUT2D eigenvalue weighted by atomic mass is 9.78. The molecule has 1 aliphatic carbocycles. The van der Waals surface area contributed by atoms with E-state index in [-0.39, 0.29) is 17.6 Å². The lowest BCUT2D eigenvalue weighted by Crippen LogP contribution is -2.37. The van der Waals surface area contributed by atoms with E-state index in [9.17, 15) is 9.59 Å². The van der Waals surface area contributed by atoms with Crippen LogP contribution in [0.5, 0.6) is 5.75 Å². The molecule has 1 N–H and O–H groups in total. The van der Waals surface area contributed by atoms with E-state index in [1.165, 1.54) is 0 Å². The van der Waals surface area contributed by atoms with E-state index in [1.54, 1.807) is 31.1 Å². The van der Waals surface area contributed by atoms with Gasteiger partial charge in [-0.15, -0.1) is 0 Å². The molecule has 1 amide bonds. The van der Waals surface area contributed by atoms with Crippen molar-refractivity contribution in [3.05, 3.63) is 100 Å². The Labute approximate surface area is 204 Å². The number of Topliss-reactive ketones (excluding diaryl/α,β-unsaturated/α-hetero) is 1. The Balaban J connectivity index is 1.66. The number of carbonyl (C=O) groups is 2. The van der Waals surface area contributed by atoms with Gasteiger partial charge in [-0.3, -0.25) is 14.5 Å². The number of methoxy groups -OCH3 is 1. The molecule has 2 atom stereocenters. The second-order valence-corrected chi connectivity index (χ2v) is 9.12. The summed E-state index contributed by atoms with van der Waals surface area (Å²) < 4.78 is 5.29. The molecule has 0 fully saturated rings. The Morgan fingerprint density at radius 1 is 0.971 bits per heavy atom. The molecule has 3 aromatic rings. The van der Waals surface area contributed by atoms with Gasteiger partial charge in [-0.1, -0.05) is 48.0 Å². The molecule has 0 saturated heterocycles. The summed E-state index contributed by atoms with van der Waals surface area (Å²) in [6.07, 6.45) is 1.04. The molecule has 0 bridgehead atoms. The summed E-state index contributed by atoms with van der Waals surface area (Å²) in [5.41, 5.74) is 4.99. The molecule has 172 valence electrons. The maximum atomic E-state index is 13.8. The molecule has 1 aliphatic heterocycles. The number of hydrogen-bond donors (Lipinski definition) is 1. The van der Waals surface area contributed by atoms with E-state index in [1.807, 2.05) is 60.7 Å². The number of hydrogen-bond acceptors (Lipinski definition) is 4. The largest absolute Gasteiger partial charge is 0.497 e. The van der Waals surface area contributed by atoms with Crippen LogP contribution in [0.1, 0.15) is 42.9 Å². The first-order valence-corrected chi connectivity index (χ1v) is 11.7. The van der Waals surface area contributed by atoms with Gasteiger partial charge in [0.15, 0.2) is 5.78 Å². The first kappa shape index (κ1) is 22.2. The summed E-state index contributed by atoms with van der Waals surface area (Å²) in [6.45, 7) is 1.54. The third-order valence-corrected chi connectivity index (χ3v) is 6.85. The summed E-state index contributed by atoms with van der Waals surface area (Å²) in [5, 5.41) is 4.13. The topological polar surface area (TPSA) is 58.6 Å². The highest BCUT2D eigenvalue weighted by molar-refractivity contribution is 6.30. The molecular formula is C28H25ClN2O3. The summed E-state index contributed by atoms with van der Waals surface area (Å²) in [4.78, 5) is 28.5. The molecule has 2 aliphatic rings. The van der Waals surface area contributed by atoms with Crippen molar-refractivity contribution in [1.29, 1.82) is 0 Å². The Kier molecular flexibility index (Phi) is 5.88. The number of rotatable bonds is 3. The smallest absolute Gasteiger partial charge is 0.224 e. The fraction of sp³-hybridized carbons (Fsp3) is 0.214. The normalized spacial score (nSPS) is 19.6. The lowest BCUT2D eigenvalue weighted by molar-refractivity contribution is -0.117. The monoisotopic (exact) mass is 472 g/mol. The summed E-state index contributed by atoms with van der Waals surface area (Å²) >= 11 is 6.16. The van der Waals surface area contributed by atoms with Crippen molar-refractivity contribution in [3.8, 4) is 5.75 Å². The van der Waals surface area contributed by atoms with Gasteiger partial charge in [0.25, 0.3) is 0 Å². The number of anilines is 2. The molecule has 0 saturated carbocycles. The summed E-state index contributed by atoms with van der Waals surface area (Å²) in [6, 6.07) is 22.4. The van der Waals surface area contributed by atoms with Gasteiger partial charge in [-0.2, -0.15) is 0 Å². The number of ether oxygens (including phenoxy) is 1. The van der Waals surface area contributed by atoms with Crippen molar-refractivity contribution in [1.82, 2.24) is 0 Å². The van der Waals surface area contributed by atoms with Gasteiger partial charge < -0.3 is 10.1 Å². The molecule has 1 heterocycles. The number of allylic oxidation sites excluding steroid dienone is 1. The molecule has 5 nitrogen and oxygen atoms in total. The first-order valence-electron chi connectivity index (χ1n) is 11.3. The van der Waals surface area contributed by atoms with Gasteiger partial charge in [-0.25, -0.2) is 0 Å². The van der Waals surface area contributed by atoms with E-state index >= 15 is 0 Å². The van der Waals surface area contributed by atoms with Crippen LogP contribution in [0.2, 0.25) is 5.02 Å². The predicted octanol–water partition coefficient (Wildman–Crippen LogP) is 6.27. The lowest BCUT2D eigenvalue weighted by Gasteiger charge is -2.34. The quantitative estimate of drug-likeness (QED) is 0.488. The predicted molar refractivity (Wildman–Crippen MR) is 134 cm³/mol. The Bertz CT molecular complexity index is 1280. The van der Waals surface area contributed by atoms with E-state index in [4.69, 9.17) is 16.3 Å². The van der Waals surface area contributed by atoms with Crippen LogP contribution in [-0.4, -0.2) is 18.8 Å². The molecule has 3 aromatic carbocycles. The first-order chi connectivity index (χ1) is 16.5. The molecule has 34 heavy (non-hydrogen) atoms. The highest BCUT2D eigenvalue weighted by atomic mass is 35.5. The van der Waals surface area contributed by atoms with Crippen molar-refractivity contribution < 1.29 is 14.3 Å². The SMILES string of the molecule is COc1ccc([C@@H]2CC(=O)C3=C(C2)Nc2ccccc2N(C(C)=O)[C@@H]3c2ccc(Cl)cc2)cc1. The van der Waals surface area contributed by atoms with Crippen LogP contribution < -0.4 is 15.0 Å². The number of ketones is 1. The van der Waals surface area contributed by atoms with Crippen LogP contribution in [0.15, 0.2) is 84.1 Å². The van der Waals surface area contributed by atoms with Crippen molar-refractivity contribution in [2.75, 3.05) is 17.3 Å². The number of nitrogens with one attached hydrogen (secondary N) is 1. The van der Waals surface area contributed by atoms with Crippen LogP contribution in [0.3, 0.4) is 0 Å². The third kappa shape index (κ3) is 3.97. The van der Waals surface area contributed by atoms with Crippen LogP contribution in [0, 0.1) is 0 Å². The van der Waals surface area contributed by atoms with Crippen molar-refractivity contribution in [2.45, 2.75) is 31.7 Å². The van der Waals surface area contributed by atoms with Gasteiger partial charge >= 0.3 is 0 Å². The van der Waals surface area contributed by atoms with E-state index in [0.29, 0.717) is 23.4 Å². The summed E-state index contributed by atoms with van der Waals surface area (Å²) in [7, 11) is 1.64. The zero-order chi connectivity index (χ0) is 23.8. The molecule has 6 heteroatoms. The average Bonchev–Trinajstić information content (AvgIpc) is 2.99. The molecule has 0 aromatic heterocycles. The Hall–Kier alpha value is -3.57. The van der Waals surface area contributed by atoms with Gasteiger partial charge in [-0.05, 0) is 59.9 Å². The molecule has 0 spiro atoms. The Morgan fingerprint density at radius 2 is 1.65 bits per heavy atom. The fourth-order valence-electron chi connectivity index (χ4n) is 5.01. The second-order valence-electron chi connectivity index (χ2n) is 8.68. The minimum absolute atomic E-state index is 0.0339. The maximum absolute atomic E-state index is 13.8. The minimum atomic E-state index is -0.537. The molecule has 0 radical (unpaired) electrons. The second kappa shape index (κ2) is 8.99. The number of para-hydroxylation sites is 2. The number of fused-ring (bicyclic) bond motifs is 1. The molecule has 5 rings (SSSR count). The van der Waals surface area contributed by atoms with Crippen LogP contribution in [-0.2, 0) is 9.59 Å². The average molecular weight is 473 g/mol. The zero-order valence-electron chi connectivity index (χ0n) is 19.0. The van der Waals surface area contributed by atoms with Gasteiger partial charge in [0.05, 0.1) is 24.5 Å². The highest BCUT2D eigenvalue weighted by Gasteiger charge is 2.40. The number of nitrogens with zero attached hydrogens (tertiary/aromatic N) is 1. The number of benzene rings is 3. The maximum Gasteiger partial charge on any atom is 0.224 e. The number of halogens is 1. The van der Waals surface area contributed by atoms with Gasteiger partial charge in [0, 0.05) is 29.6 Å². The Morgan fingerprint density at radius 3 is 2.32 bits per heavy atom. The van der Waals surface area contributed by atoms with Crippen molar-refractivity contribution >= 4 is 34.7 Å². The van der Waals surface area contributed by atoms with Gasteiger partial charge in [0.1, 0.15) is 5.75 Å². The highest BCUT2D eigenvalue weighted by Crippen LogP contribution is 2.47. The van der Waals surface area contributed by atoms with Crippen molar-refractivity contribution in [3.63, 3.8) is 0 Å². The third-order valence-electron chi connectivity index (χ3n) is 6.60. The van der Waals surface area contributed by atoms with E-state index in [2.05, 4.69) is 5.32 Å². The molecule has 0 unspecified atom stereocenters. The van der Waals surface area contributed by atoms with E-state index in [0.717, 1.165) is 33.9 Å².